The lowest BCUT2D eigenvalue weighted by molar-refractivity contribution is -0.0498. The molecule has 2 N–H and O–H groups in total. The predicted molar refractivity (Wildman–Crippen MR) is 85.8 cm³/mol. The summed E-state index contributed by atoms with van der Waals surface area (Å²) in [4.78, 5) is 0. The van der Waals surface area contributed by atoms with Crippen molar-refractivity contribution in [1.82, 2.24) is 15.5 Å². The third kappa shape index (κ3) is 4.03. The van der Waals surface area contributed by atoms with E-state index in [2.05, 4.69) is 20.3 Å². The third-order valence-corrected chi connectivity index (χ3v) is 4.23. The minimum atomic E-state index is -2.79. The molecule has 0 aliphatic carbocycles. The lowest BCUT2D eigenvalue weighted by Gasteiger charge is -2.29. The van der Waals surface area contributed by atoms with E-state index in [4.69, 9.17) is 4.74 Å². The molecule has 2 heterocycles. The van der Waals surface area contributed by atoms with Crippen LogP contribution < -0.4 is 14.8 Å². The van der Waals surface area contributed by atoms with Gasteiger partial charge >= 0.3 is 6.61 Å². The highest BCUT2D eigenvalue weighted by Crippen LogP contribution is 2.33. The van der Waals surface area contributed by atoms with Crippen LogP contribution >= 0.6 is 0 Å². The zero-order valence-electron chi connectivity index (χ0n) is 13.5. The smallest absolute Gasteiger partial charge is 0.387 e. The number of alkyl halides is 2. The van der Waals surface area contributed by atoms with Gasteiger partial charge in [-0.05, 0) is 37.0 Å². The second-order valence-corrected chi connectivity index (χ2v) is 5.83. The number of benzene rings is 1. The fourth-order valence-electron chi connectivity index (χ4n) is 3.10. The minimum Gasteiger partial charge on any atom is -0.477 e. The van der Waals surface area contributed by atoms with Gasteiger partial charge in [0.05, 0.1) is 6.61 Å². The Morgan fingerprint density at radius 2 is 1.96 bits per heavy atom. The first-order valence-electron chi connectivity index (χ1n) is 8.09. The zero-order valence-corrected chi connectivity index (χ0v) is 13.5. The summed E-state index contributed by atoms with van der Waals surface area (Å²) in [6.07, 6.45) is 0.954. The summed E-state index contributed by atoms with van der Waals surface area (Å²) in [6.45, 7) is 1.45. The van der Waals surface area contributed by atoms with Crippen LogP contribution in [-0.4, -0.2) is 36.5 Å². The van der Waals surface area contributed by atoms with Gasteiger partial charge in [-0.2, -0.15) is 8.78 Å². The summed E-state index contributed by atoms with van der Waals surface area (Å²) in [5, 5.41) is 10.6. The molecule has 0 amide bonds. The first kappa shape index (κ1) is 16.7. The molecular weight excluding hydrogens is 316 g/mol. The van der Waals surface area contributed by atoms with Gasteiger partial charge < -0.3 is 14.8 Å². The summed E-state index contributed by atoms with van der Waals surface area (Å²) >= 11 is 0. The number of nitrogens with zero attached hydrogens (tertiary/aromatic N) is 1. The summed E-state index contributed by atoms with van der Waals surface area (Å²) in [5.41, 5.74) is 2.16. The lowest BCUT2D eigenvalue weighted by Crippen LogP contribution is -2.34. The van der Waals surface area contributed by atoms with Crippen molar-refractivity contribution in [3.63, 3.8) is 0 Å². The Morgan fingerprint density at radius 1 is 1.21 bits per heavy atom. The van der Waals surface area contributed by atoms with Gasteiger partial charge in [0.25, 0.3) is 0 Å². The molecule has 2 atom stereocenters. The van der Waals surface area contributed by atoms with Crippen molar-refractivity contribution in [3.8, 4) is 11.6 Å². The second-order valence-electron chi connectivity index (χ2n) is 5.83. The number of rotatable bonds is 6. The van der Waals surface area contributed by atoms with E-state index >= 15 is 0 Å². The number of hydrogen-bond acceptors (Lipinski definition) is 4. The molecule has 2 aromatic rings. The molecule has 130 valence electrons. The fourth-order valence-corrected chi connectivity index (χ4v) is 3.10. The van der Waals surface area contributed by atoms with Gasteiger partial charge in [-0.3, -0.25) is 5.10 Å². The van der Waals surface area contributed by atoms with Crippen molar-refractivity contribution in [3.05, 3.63) is 41.6 Å². The second kappa shape index (κ2) is 7.61. The van der Waals surface area contributed by atoms with E-state index in [0.29, 0.717) is 24.3 Å². The maximum atomic E-state index is 12.2. The van der Waals surface area contributed by atoms with E-state index < -0.39 is 6.61 Å². The Bertz CT molecular complexity index is 646. The van der Waals surface area contributed by atoms with Crippen LogP contribution in [0.3, 0.4) is 0 Å². The Balaban J connectivity index is 1.66. The number of aromatic amines is 1. The molecule has 1 saturated heterocycles. The molecular formula is C17H21F2N3O2. The van der Waals surface area contributed by atoms with E-state index in [1.165, 1.54) is 0 Å². The molecule has 5 nitrogen and oxygen atoms in total. The van der Waals surface area contributed by atoms with Crippen molar-refractivity contribution >= 4 is 0 Å². The molecule has 3 rings (SSSR count). The molecule has 0 saturated carbocycles. The number of ether oxygens (including phenoxy) is 2. The molecule has 2 unspecified atom stereocenters. The van der Waals surface area contributed by atoms with Gasteiger partial charge in [0.15, 0.2) is 0 Å². The van der Waals surface area contributed by atoms with Gasteiger partial charge in [0, 0.05) is 30.8 Å². The quantitative estimate of drug-likeness (QED) is 0.849. The molecule has 7 heteroatoms. The Hall–Kier alpha value is -2.15. The van der Waals surface area contributed by atoms with Crippen molar-refractivity contribution in [2.75, 3.05) is 19.7 Å². The maximum Gasteiger partial charge on any atom is 0.387 e. The van der Waals surface area contributed by atoms with Gasteiger partial charge in [0.2, 0.25) is 5.88 Å². The average molecular weight is 337 g/mol. The number of nitrogens with one attached hydrogen (secondary N) is 2. The molecule has 1 aromatic carbocycles. The molecule has 1 aromatic heterocycles. The van der Waals surface area contributed by atoms with Crippen molar-refractivity contribution < 1.29 is 18.3 Å². The number of piperidine rings is 1. The van der Waals surface area contributed by atoms with Crippen molar-refractivity contribution in [2.24, 2.45) is 0 Å². The van der Waals surface area contributed by atoms with Crippen LogP contribution in [-0.2, 0) is 0 Å². The zero-order chi connectivity index (χ0) is 16.9. The highest BCUT2D eigenvalue weighted by atomic mass is 19.3. The van der Waals surface area contributed by atoms with Gasteiger partial charge in [-0.1, -0.05) is 12.1 Å². The first-order chi connectivity index (χ1) is 11.7. The van der Waals surface area contributed by atoms with Crippen LogP contribution in [0.25, 0.3) is 0 Å². The molecule has 1 fully saturated rings. The number of hydrogen-bond donors (Lipinski definition) is 2. The van der Waals surface area contributed by atoms with Crippen molar-refractivity contribution in [2.45, 2.75) is 31.8 Å². The highest BCUT2D eigenvalue weighted by molar-refractivity contribution is 5.31. The van der Waals surface area contributed by atoms with Crippen LogP contribution in [0, 0.1) is 0 Å². The molecule has 1 aliphatic rings. The van der Waals surface area contributed by atoms with Gasteiger partial charge in [0.1, 0.15) is 5.75 Å². The van der Waals surface area contributed by atoms with Crippen molar-refractivity contribution in [1.29, 1.82) is 0 Å². The fraction of sp³-hybridized carbons (Fsp3) is 0.471. The third-order valence-electron chi connectivity index (χ3n) is 4.23. The highest BCUT2D eigenvalue weighted by Gasteiger charge is 2.25. The first-order valence-corrected chi connectivity index (χ1v) is 8.09. The van der Waals surface area contributed by atoms with Crippen LogP contribution in [0.15, 0.2) is 30.3 Å². The number of aromatic nitrogens is 2. The predicted octanol–water partition coefficient (Wildman–Crippen LogP) is 3.27. The molecule has 0 spiro atoms. The Kier molecular flexibility index (Phi) is 5.30. The maximum absolute atomic E-state index is 12.2. The van der Waals surface area contributed by atoms with E-state index in [1.54, 1.807) is 12.1 Å². The van der Waals surface area contributed by atoms with E-state index in [9.17, 15) is 8.78 Å². The molecule has 0 radical (unpaired) electrons. The number of halogens is 2. The van der Waals surface area contributed by atoms with E-state index in [1.807, 2.05) is 25.1 Å². The summed E-state index contributed by atoms with van der Waals surface area (Å²) < 4.78 is 34.2. The Morgan fingerprint density at radius 3 is 2.67 bits per heavy atom. The van der Waals surface area contributed by atoms with E-state index in [0.717, 1.165) is 30.8 Å². The largest absolute Gasteiger partial charge is 0.477 e. The number of H-pyrrole nitrogens is 1. The monoisotopic (exact) mass is 337 g/mol. The van der Waals surface area contributed by atoms with Crippen LogP contribution in [0.2, 0.25) is 0 Å². The van der Waals surface area contributed by atoms with Crippen LogP contribution in [0.5, 0.6) is 11.6 Å². The van der Waals surface area contributed by atoms with E-state index in [-0.39, 0.29) is 5.75 Å². The lowest BCUT2D eigenvalue weighted by atomic mass is 9.84. The molecule has 24 heavy (non-hydrogen) atoms. The van der Waals surface area contributed by atoms with Gasteiger partial charge in [-0.25, -0.2) is 0 Å². The standard InChI is InChI=1S/C17H21F2N3O2/c1-2-23-16-8-15(21-22-16)13-7-12(9-20-10-13)11-3-5-14(6-4-11)24-17(18)19/h3-6,8,12-13,17,20H,2,7,9-10H2,1H3,(H,21,22). The Labute approximate surface area is 139 Å². The minimum absolute atomic E-state index is 0.184. The van der Waals surface area contributed by atoms with Crippen LogP contribution in [0.4, 0.5) is 8.78 Å². The topological polar surface area (TPSA) is 59.2 Å². The van der Waals surface area contributed by atoms with Crippen LogP contribution in [0.1, 0.15) is 36.4 Å². The normalized spacial score (nSPS) is 21.0. The summed E-state index contributed by atoms with van der Waals surface area (Å²) in [5.74, 6) is 1.41. The summed E-state index contributed by atoms with van der Waals surface area (Å²) in [7, 11) is 0. The molecule has 0 bridgehead atoms. The van der Waals surface area contributed by atoms with Gasteiger partial charge in [-0.15, -0.1) is 5.10 Å². The summed E-state index contributed by atoms with van der Waals surface area (Å²) in [6, 6.07) is 8.83. The molecule has 1 aliphatic heterocycles. The SMILES string of the molecule is CCOc1cc(C2CNCC(c3ccc(OC(F)F)cc3)C2)[nH]n1. The average Bonchev–Trinajstić information content (AvgIpc) is 3.04.